The number of amides is 1. The number of fused-ring (bicyclic) bond motifs is 1. The Morgan fingerprint density at radius 1 is 1.19 bits per heavy atom. The molecule has 27 heavy (non-hydrogen) atoms. The van der Waals surface area contributed by atoms with Crippen LogP contribution in [0.1, 0.15) is 39.4 Å². The number of hydrogen-bond acceptors (Lipinski definition) is 4. The zero-order valence-corrected chi connectivity index (χ0v) is 16.0. The van der Waals surface area contributed by atoms with Crippen LogP contribution in [-0.2, 0) is 17.9 Å². The maximum Gasteiger partial charge on any atom is 0.261 e. The van der Waals surface area contributed by atoms with Crippen LogP contribution in [0, 0.1) is 0 Å². The predicted octanol–water partition coefficient (Wildman–Crippen LogP) is 3.60. The first-order valence-electron chi connectivity index (χ1n) is 9.13. The van der Waals surface area contributed by atoms with Crippen LogP contribution in [0.2, 0.25) is 0 Å². The molecule has 1 amide bonds. The van der Waals surface area contributed by atoms with Crippen molar-refractivity contribution in [2.45, 2.75) is 52.2 Å². The molecule has 6 heteroatoms. The molecule has 0 radical (unpaired) electrons. The first-order chi connectivity index (χ1) is 12.9. The first kappa shape index (κ1) is 18.9. The molecule has 0 aliphatic heterocycles. The highest BCUT2D eigenvalue weighted by atomic mass is 16.3. The summed E-state index contributed by atoms with van der Waals surface area (Å²) in [7, 11) is 0. The Kier molecular flexibility index (Phi) is 5.44. The van der Waals surface area contributed by atoms with Gasteiger partial charge in [0.1, 0.15) is 5.76 Å². The standard InChI is InChI=1S/C21H25N3O3/c1-21(2,3)24(14-16-8-7-13-27-16)19(25)11-6-12-23-15-22-18-10-5-4-9-17(18)20(23)26/h4-5,7-10,13,15H,6,11-12,14H2,1-3H3. The van der Waals surface area contributed by atoms with Crippen molar-refractivity contribution in [3.63, 3.8) is 0 Å². The molecule has 0 atom stereocenters. The number of furan rings is 1. The molecular formula is C21H25N3O3. The molecule has 3 rings (SSSR count). The maximum absolute atomic E-state index is 12.8. The van der Waals surface area contributed by atoms with E-state index in [2.05, 4.69) is 4.98 Å². The molecule has 0 bridgehead atoms. The molecule has 0 aliphatic rings. The molecule has 0 fully saturated rings. The van der Waals surface area contributed by atoms with Crippen molar-refractivity contribution in [2.75, 3.05) is 0 Å². The molecule has 0 unspecified atom stereocenters. The van der Waals surface area contributed by atoms with E-state index in [4.69, 9.17) is 4.42 Å². The zero-order chi connectivity index (χ0) is 19.4. The molecule has 142 valence electrons. The van der Waals surface area contributed by atoms with Crippen LogP contribution in [0.5, 0.6) is 0 Å². The topological polar surface area (TPSA) is 68.3 Å². The van der Waals surface area contributed by atoms with Crippen molar-refractivity contribution in [3.8, 4) is 0 Å². The van der Waals surface area contributed by atoms with Crippen molar-refractivity contribution in [2.24, 2.45) is 0 Å². The van der Waals surface area contributed by atoms with E-state index in [1.54, 1.807) is 23.2 Å². The summed E-state index contributed by atoms with van der Waals surface area (Å²) >= 11 is 0. The van der Waals surface area contributed by atoms with Crippen molar-refractivity contribution in [1.29, 1.82) is 0 Å². The van der Waals surface area contributed by atoms with Crippen LogP contribution in [0.4, 0.5) is 0 Å². The highest BCUT2D eigenvalue weighted by molar-refractivity contribution is 5.77. The number of hydrogen-bond donors (Lipinski definition) is 0. The van der Waals surface area contributed by atoms with Crippen molar-refractivity contribution < 1.29 is 9.21 Å². The third kappa shape index (κ3) is 4.45. The van der Waals surface area contributed by atoms with E-state index in [1.807, 2.05) is 56.0 Å². The van der Waals surface area contributed by atoms with Gasteiger partial charge < -0.3 is 9.32 Å². The number of para-hydroxylation sites is 1. The van der Waals surface area contributed by atoms with E-state index in [0.717, 1.165) is 5.76 Å². The summed E-state index contributed by atoms with van der Waals surface area (Å²) in [5.41, 5.74) is 0.300. The smallest absolute Gasteiger partial charge is 0.261 e. The van der Waals surface area contributed by atoms with Gasteiger partial charge in [-0.2, -0.15) is 0 Å². The minimum atomic E-state index is -0.314. The van der Waals surface area contributed by atoms with E-state index < -0.39 is 0 Å². The van der Waals surface area contributed by atoms with E-state index >= 15 is 0 Å². The van der Waals surface area contributed by atoms with E-state index in [1.165, 1.54) is 0 Å². The zero-order valence-electron chi connectivity index (χ0n) is 16.0. The molecule has 0 N–H and O–H groups in total. The molecular weight excluding hydrogens is 342 g/mol. The number of rotatable bonds is 6. The molecule has 0 spiro atoms. The summed E-state index contributed by atoms with van der Waals surface area (Å²) < 4.78 is 6.97. The summed E-state index contributed by atoms with van der Waals surface area (Å²) in [5.74, 6) is 0.800. The molecule has 1 aromatic carbocycles. The number of nitrogens with zero attached hydrogens (tertiary/aromatic N) is 3. The lowest BCUT2D eigenvalue weighted by molar-refractivity contribution is -0.137. The third-order valence-electron chi connectivity index (χ3n) is 4.53. The Labute approximate surface area is 158 Å². The second-order valence-corrected chi connectivity index (χ2v) is 7.59. The average Bonchev–Trinajstić information content (AvgIpc) is 3.14. The Hall–Kier alpha value is -2.89. The molecule has 0 saturated carbocycles. The second kappa shape index (κ2) is 7.78. The average molecular weight is 367 g/mol. The van der Waals surface area contributed by atoms with Gasteiger partial charge >= 0.3 is 0 Å². The fraction of sp³-hybridized carbons (Fsp3) is 0.381. The number of benzene rings is 1. The van der Waals surface area contributed by atoms with Crippen LogP contribution in [0.15, 0.2) is 58.2 Å². The maximum atomic E-state index is 12.8. The molecule has 0 aliphatic carbocycles. The number of carbonyl (C=O) groups is 1. The summed E-state index contributed by atoms with van der Waals surface area (Å²) in [5, 5.41) is 0.598. The van der Waals surface area contributed by atoms with E-state index in [9.17, 15) is 9.59 Å². The molecule has 0 saturated heterocycles. The van der Waals surface area contributed by atoms with Gasteiger partial charge in [-0.05, 0) is 51.5 Å². The Bertz CT molecular complexity index is 968. The van der Waals surface area contributed by atoms with Gasteiger partial charge in [0, 0.05) is 18.5 Å². The predicted molar refractivity (Wildman–Crippen MR) is 104 cm³/mol. The SMILES string of the molecule is CC(C)(C)N(Cc1ccco1)C(=O)CCCn1cnc2ccccc2c1=O. The van der Waals surface area contributed by atoms with Gasteiger partial charge in [-0.1, -0.05) is 12.1 Å². The fourth-order valence-corrected chi connectivity index (χ4v) is 3.06. The largest absolute Gasteiger partial charge is 0.467 e. The molecule has 6 nitrogen and oxygen atoms in total. The van der Waals surface area contributed by atoms with Gasteiger partial charge in [0.25, 0.3) is 5.56 Å². The second-order valence-electron chi connectivity index (χ2n) is 7.59. The highest BCUT2D eigenvalue weighted by Crippen LogP contribution is 2.19. The van der Waals surface area contributed by atoms with Crippen LogP contribution in [0.3, 0.4) is 0 Å². The summed E-state index contributed by atoms with van der Waals surface area (Å²) in [6, 6.07) is 11.0. The summed E-state index contributed by atoms with van der Waals surface area (Å²) in [4.78, 5) is 31.4. The van der Waals surface area contributed by atoms with Crippen LogP contribution in [0.25, 0.3) is 10.9 Å². The van der Waals surface area contributed by atoms with Crippen LogP contribution >= 0.6 is 0 Å². The lowest BCUT2D eigenvalue weighted by Crippen LogP contribution is -2.45. The summed E-state index contributed by atoms with van der Waals surface area (Å²) in [6.07, 6.45) is 4.10. The van der Waals surface area contributed by atoms with Gasteiger partial charge in [0.05, 0.1) is 30.0 Å². The Morgan fingerprint density at radius 3 is 2.67 bits per heavy atom. The van der Waals surface area contributed by atoms with Crippen molar-refractivity contribution in [1.82, 2.24) is 14.5 Å². The van der Waals surface area contributed by atoms with Gasteiger partial charge in [0.15, 0.2) is 0 Å². The molecule has 2 aromatic heterocycles. The van der Waals surface area contributed by atoms with E-state index in [-0.39, 0.29) is 17.0 Å². The van der Waals surface area contributed by atoms with Gasteiger partial charge in [0.2, 0.25) is 5.91 Å². The summed E-state index contributed by atoms with van der Waals surface area (Å²) in [6.45, 7) is 6.91. The van der Waals surface area contributed by atoms with Crippen molar-refractivity contribution >= 4 is 16.8 Å². The normalized spacial score (nSPS) is 11.7. The minimum Gasteiger partial charge on any atom is -0.467 e. The number of aromatic nitrogens is 2. The fourth-order valence-electron chi connectivity index (χ4n) is 3.06. The van der Waals surface area contributed by atoms with Crippen LogP contribution in [-0.4, -0.2) is 25.9 Å². The monoisotopic (exact) mass is 367 g/mol. The number of aryl methyl sites for hydroxylation is 1. The Morgan fingerprint density at radius 2 is 1.96 bits per heavy atom. The van der Waals surface area contributed by atoms with E-state index in [0.29, 0.717) is 36.8 Å². The Balaban J connectivity index is 1.65. The lowest BCUT2D eigenvalue weighted by atomic mass is 10.0. The third-order valence-corrected chi connectivity index (χ3v) is 4.53. The number of carbonyl (C=O) groups excluding carboxylic acids is 1. The van der Waals surface area contributed by atoms with Crippen molar-refractivity contribution in [3.05, 3.63) is 65.1 Å². The quantitative estimate of drug-likeness (QED) is 0.668. The lowest BCUT2D eigenvalue weighted by Gasteiger charge is -2.35. The van der Waals surface area contributed by atoms with Gasteiger partial charge in [-0.3, -0.25) is 14.2 Å². The highest BCUT2D eigenvalue weighted by Gasteiger charge is 2.26. The van der Waals surface area contributed by atoms with Crippen LogP contribution < -0.4 is 5.56 Å². The van der Waals surface area contributed by atoms with Gasteiger partial charge in [-0.15, -0.1) is 0 Å². The first-order valence-corrected chi connectivity index (χ1v) is 9.13. The molecule has 2 heterocycles. The molecule has 3 aromatic rings. The van der Waals surface area contributed by atoms with Gasteiger partial charge in [-0.25, -0.2) is 4.98 Å². The minimum absolute atomic E-state index is 0.0423.